The van der Waals surface area contributed by atoms with Crippen molar-refractivity contribution in [1.29, 1.82) is 0 Å². The highest BCUT2D eigenvalue weighted by Crippen LogP contribution is 2.56. The van der Waals surface area contributed by atoms with Gasteiger partial charge in [0.25, 0.3) is 5.56 Å². The number of hydrogen-bond donors (Lipinski definition) is 1. The Labute approximate surface area is 165 Å². The van der Waals surface area contributed by atoms with Crippen molar-refractivity contribution in [2.24, 2.45) is 5.41 Å². The van der Waals surface area contributed by atoms with Gasteiger partial charge in [0.05, 0.1) is 30.0 Å². The number of nitrogens with one attached hydrogen (secondary N) is 1. The summed E-state index contributed by atoms with van der Waals surface area (Å²) in [5.41, 5.74) is -2.06. The lowest BCUT2D eigenvalue weighted by atomic mass is 9.91. The molecule has 5 nitrogen and oxygen atoms in total. The van der Waals surface area contributed by atoms with E-state index in [1.165, 1.54) is 16.8 Å². The number of halogens is 6. The molecule has 0 radical (unpaired) electrons. The second-order valence-electron chi connectivity index (χ2n) is 7.79. The molecule has 1 aliphatic carbocycles. The minimum atomic E-state index is -4.60. The fraction of sp³-hybridized carbons (Fsp3) is 0.421. The van der Waals surface area contributed by atoms with E-state index in [0.717, 1.165) is 18.5 Å². The van der Waals surface area contributed by atoms with Gasteiger partial charge in [-0.2, -0.15) is 31.4 Å². The fourth-order valence-corrected chi connectivity index (χ4v) is 3.71. The van der Waals surface area contributed by atoms with Crippen LogP contribution in [0.4, 0.5) is 26.3 Å². The van der Waals surface area contributed by atoms with Crippen LogP contribution in [-0.4, -0.2) is 25.9 Å². The van der Waals surface area contributed by atoms with Gasteiger partial charge in [0.15, 0.2) is 5.65 Å². The first-order chi connectivity index (χ1) is 13.9. The Morgan fingerprint density at radius 2 is 1.77 bits per heavy atom. The lowest BCUT2D eigenvalue weighted by Crippen LogP contribution is -2.22. The number of aromatic amines is 1. The summed E-state index contributed by atoms with van der Waals surface area (Å²) < 4.78 is 79.2. The van der Waals surface area contributed by atoms with Gasteiger partial charge in [-0.1, -0.05) is 19.1 Å². The summed E-state index contributed by atoms with van der Waals surface area (Å²) in [5, 5.41) is 3.81. The fourth-order valence-electron chi connectivity index (χ4n) is 3.71. The third kappa shape index (κ3) is 3.68. The summed E-state index contributed by atoms with van der Waals surface area (Å²) in [6, 6.07) is 3.77. The Balaban J connectivity index is 1.89. The molecule has 0 spiro atoms. The summed E-state index contributed by atoms with van der Waals surface area (Å²) in [5.74, 6) is 0. The standard InChI is InChI=1S/C19H16F6N4O/c1-17(6-7-17)14(10-2-4-11(5-3-10)19(23,24)25)29-15-13(16(30)27-9-26-15)12(28-29)8-18(20,21)22/h2-5,9,14H,6-8H2,1H3,(H,26,27,30). The summed E-state index contributed by atoms with van der Waals surface area (Å²) in [7, 11) is 0. The van der Waals surface area contributed by atoms with Crippen molar-refractivity contribution in [2.45, 2.75) is 44.6 Å². The van der Waals surface area contributed by atoms with E-state index in [1.54, 1.807) is 0 Å². The second-order valence-corrected chi connectivity index (χ2v) is 7.79. The predicted octanol–water partition coefficient (Wildman–Crippen LogP) is 4.63. The lowest BCUT2D eigenvalue weighted by molar-refractivity contribution is -0.137. The average Bonchev–Trinajstić information content (AvgIpc) is 3.27. The summed E-state index contributed by atoms with van der Waals surface area (Å²) >= 11 is 0. The summed E-state index contributed by atoms with van der Waals surface area (Å²) in [4.78, 5) is 18.5. The maximum Gasteiger partial charge on any atom is 0.416 e. The molecule has 11 heteroatoms. The Morgan fingerprint density at radius 1 is 1.13 bits per heavy atom. The molecular weight excluding hydrogens is 414 g/mol. The molecule has 1 N–H and O–H groups in total. The zero-order valence-electron chi connectivity index (χ0n) is 15.6. The molecule has 30 heavy (non-hydrogen) atoms. The molecule has 1 saturated carbocycles. The van der Waals surface area contributed by atoms with E-state index in [2.05, 4.69) is 15.1 Å². The number of fused-ring (bicyclic) bond motifs is 1. The highest BCUT2D eigenvalue weighted by Gasteiger charge is 2.48. The van der Waals surface area contributed by atoms with Gasteiger partial charge in [-0.25, -0.2) is 9.67 Å². The Morgan fingerprint density at radius 3 is 2.30 bits per heavy atom. The van der Waals surface area contributed by atoms with Gasteiger partial charge in [-0.15, -0.1) is 0 Å². The van der Waals surface area contributed by atoms with Crippen molar-refractivity contribution in [1.82, 2.24) is 19.7 Å². The minimum absolute atomic E-state index is 0.0315. The maximum atomic E-state index is 13.0. The average molecular weight is 430 g/mol. The van der Waals surface area contributed by atoms with Crippen molar-refractivity contribution < 1.29 is 26.3 Å². The van der Waals surface area contributed by atoms with Crippen LogP contribution < -0.4 is 5.56 Å². The number of alkyl halides is 6. The van der Waals surface area contributed by atoms with Gasteiger partial charge in [0.1, 0.15) is 5.39 Å². The zero-order chi connectivity index (χ0) is 21.9. The number of nitrogens with zero attached hydrogens (tertiary/aromatic N) is 3. The molecule has 1 atom stereocenters. The van der Waals surface area contributed by atoms with Crippen molar-refractivity contribution in [3.63, 3.8) is 0 Å². The molecule has 0 saturated heterocycles. The van der Waals surface area contributed by atoms with E-state index >= 15 is 0 Å². The first-order valence-electron chi connectivity index (χ1n) is 9.08. The third-order valence-electron chi connectivity index (χ3n) is 5.43. The topological polar surface area (TPSA) is 63.6 Å². The normalized spacial score (nSPS) is 17.3. The van der Waals surface area contributed by atoms with E-state index in [1.807, 2.05) is 6.92 Å². The number of hydrogen-bond acceptors (Lipinski definition) is 3. The molecule has 4 rings (SSSR count). The predicted molar refractivity (Wildman–Crippen MR) is 94.8 cm³/mol. The molecule has 3 aromatic rings. The van der Waals surface area contributed by atoms with Gasteiger partial charge in [0, 0.05) is 0 Å². The number of rotatable bonds is 4. The molecule has 2 aromatic heterocycles. The van der Waals surface area contributed by atoms with Crippen LogP contribution in [0.3, 0.4) is 0 Å². The van der Waals surface area contributed by atoms with Crippen LogP contribution in [-0.2, 0) is 12.6 Å². The van der Waals surface area contributed by atoms with E-state index in [0.29, 0.717) is 18.4 Å². The maximum absolute atomic E-state index is 13.0. The van der Waals surface area contributed by atoms with E-state index in [4.69, 9.17) is 0 Å². The Hall–Kier alpha value is -2.85. The molecule has 2 heterocycles. The molecule has 160 valence electrons. The van der Waals surface area contributed by atoms with Crippen LogP contribution in [0.5, 0.6) is 0 Å². The molecule has 1 unspecified atom stereocenters. The molecule has 0 aliphatic heterocycles. The minimum Gasteiger partial charge on any atom is -0.312 e. The van der Waals surface area contributed by atoms with Crippen molar-refractivity contribution >= 4 is 11.0 Å². The molecule has 0 amide bonds. The van der Waals surface area contributed by atoms with Gasteiger partial charge >= 0.3 is 12.4 Å². The van der Waals surface area contributed by atoms with Crippen LogP contribution in [0.1, 0.15) is 42.6 Å². The van der Waals surface area contributed by atoms with Gasteiger partial charge < -0.3 is 4.98 Å². The first kappa shape index (κ1) is 20.4. The van der Waals surface area contributed by atoms with Crippen LogP contribution in [0.25, 0.3) is 11.0 Å². The summed E-state index contributed by atoms with van der Waals surface area (Å²) in [6.45, 7) is 1.87. The lowest BCUT2D eigenvalue weighted by Gasteiger charge is -2.25. The van der Waals surface area contributed by atoms with Gasteiger partial charge in [-0.05, 0) is 36.0 Å². The van der Waals surface area contributed by atoms with Crippen LogP contribution in [0.15, 0.2) is 35.4 Å². The number of aromatic nitrogens is 4. The van der Waals surface area contributed by atoms with Crippen LogP contribution >= 0.6 is 0 Å². The zero-order valence-corrected chi connectivity index (χ0v) is 15.6. The Kier molecular flexibility index (Phi) is 4.48. The van der Waals surface area contributed by atoms with Crippen molar-refractivity contribution in [2.75, 3.05) is 0 Å². The third-order valence-corrected chi connectivity index (χ3v) is 5.43. The molecule has 1 aliphatic rings. The SMILES string of the molecule is CC1(C(c2ccc(C(F)(F)F)cc2)n2nc(CC(F)(F)F)c3c(=O)[nH]cnc32)CC1. The Bertz CT molecular complexity index is 1140. The number of benzene rings is 1. The first-order valence-corrected chi connectivity index (χ1v) is 9.08. The van der Waals surface area contributed by atoms with Gasteiger partial charge in [0.2, 0.25) is 0 Å². The van der Waals surface area contributed by atoms with Gasteiger partial charge in [-0.3, -0.25) is 4.79 Å². The smallest absolute Gasteiger partial charge is 0.312 e. The second kappa shape index (κ2) is 6.58. The molecule has 1 aromatic carbocycles. The quantitative estimate of drug-likeness (QED) is 0.614. The highest BCUT2D eigenvalue weighted by molar-refractivity contribution is 5.77. The number of H-pyrrole nitrogens is 1. The van der Waals surface area contributed by atoms with Crippen molar-refractivity contribution in [3.05, 3.63) is 57.8 Å². The van der Waals surface area contributed by atoms with E-state index in [-0.39, 0.29) is 11.0 Å². The van der Waals surface area contributed by atoms with E-state index < -0.39 is 47.0 Å². The largest absolute Gasteiger partial charge is 0.416 e. The van der Waals surface area contributed by atoms with Crippen molar-refractivity contribution in [3.8, 4) is 0 Å². The molecular formula is C19H16F6N4O. The van der Waals surface area contributed by atoms with Crippen LogP contribution in [0, 0.1) is 5.41 Å². The highest BCUT2D eigenvalue weighted by atomic mass is 19.4. The van der Waals surface area contributed by atoms with E-state index in [9.17, 15) is 31.1 Å². The summed E-state index contributed by atoms with van der Waals surface area (Å²) in [6.07, 6.45) is -8.04. The monoisotopic (exact) mass is 430 g/mol. The molecule has 0 bridgehead atoms. The van der Waals surface area contributed by atoms with Crippen LogP contribution in [0.2, 0.25) is 0 Å². The molecule has 1 fully saturated rings.